The van der Waals surface area contributed by atoms with Crippen molar-refractivity contribution >= 4 is 41.3 Å². The van der Waals surface area contributed by atoms with Crippen LogP contribution >= 0.6 is 35.3 Å². The summed E-state index contributed by atoms with van der Waals surface area (Å²) in [7, 11) is 0. The Kier molecular flexibility index (Phi) is 9.13. The molecule has 2 aromatic rings. The SMILES string of the molecule is CCc1cnc(CCNC(N)=NCc2ccc(OC(F)(F)F)cc2)s1.I. The van der Waals surface area contributed by atoms with Crippen LogP contribution in [0.15, 0.2) is 35.5 Å². The second-order valence-electron chi connectivity index (χ2n) is 5.14. The molecule has 0 aliphatic rings. The van der Waals surface area contributed by atoms with Crippen molar-refractivity contribution < 1.29 is 17.9 Å². The third-order valence-corrected chi connectivity index (χ3v) is 4.39. The molecule has 0 aliphatic carbocycles. The number of guanidine groups is 1. The highest BCUT2D eigenvalue weighted by Gasteiger charge is 2.30. The average molecular weight is 500 g/mol. The van der Waals surface area contributed by atoms with Gasteiger partial charge in [0.25, 0.3) is 0 Å². The van der Waals surface area contributed by atoms with E-state index < -0.39 is 6.36 Å². The molecule has 1 aromatic heterocycles. The molecule has 3 N–H and O–H groups in total. The van der Waals surface area contributed by atoms with Crippen molar-refractivity contribution in [3.05, 3.63) is 45.9 Å². The van der Waals surface area contributed by atoms with Crippen LogP contribution in [0.4, 0.5) is 13.2 Å². The molecule has 0 aliphatic heterocycles. The van der Waals surface area contributed by atoms with E-state index in [9.17, 15) is 13.2 Å². The lowest BCUT2D eigenvalue weighted by atomic mass is 10.2. The molecular weight excluding hydrogens is 480 g/mol. The summed E-state index contributed by atoms with van der Waals surface area (Å²) in [6.07, 6.45) is -1.08. The molecule has 0 fully saturated rings. The fraction of sp³-hybridized carbons (Fsp3) is 0.375. The van der Waals surface area contributed by atoms with E-state index in [1.807, 2.05) is 6.20 Å². The zero-order chi connectivity index (χ0) is 18.3. The molecule has 2 rings (SSSR count). The number of rotatable bonds is 7. The first-order valence-corrected chi connectivity index (χ1v) is 8.49. The Hall–Kier alpha value is -1.56. The number of nitrogens with one attached hydrogen (secondary N) is 1. The molecule has 0 saturated carbocycles. The lowest BCUT2D eigenvalue weighted by Gasteiger charge is -2.09. The maximum Gasteiger partial charge on any atom is 0.573 e. The molecule has 0 amide bonds. The summed E-state index contributed by atoms with van der Waals surface area (Å²) in [5, 5.41) is 4.03. The van der Waals surface area contributed by atoms with E-state index in [4.69, 9.17) is 5.73 Å². The first-order chi connectivity index (χ1) is 11.9. The van der Waals surface area contributed by atoms with E-state index in [1.165, 1.54) is 29.1 Å². The van der Waals surface area contributed by atoms with Gasteiger partial charge in [-0.2, -0.15) is 0 Å². The number of aliphatic imine (C=N–C) groups is 1. The van der Waals surface area contributed by atoms with Crippen LogP contribution < -0.4 is 15.8 Å². The number of benzene rings is 1. The second kappa shape index (κ2) is 10.6. The molecule has 0 bridgehead atoms. The lowest BCUT2D eigenvalue weighted by molar-refractivity contribution is -0.274. The van der Waals surface area contributed by atoms with Gasteiger partial charge in [0, 0.05) is 24.0 Å². The molecule has 0 saturated heterocycles. The number of aromatic nitrogens is 1. The van der Waals surface area contributed by atoms with Gasteiger partial charge in [0.05, 0.1) is 11.6 Å². The maximum atomic E-state index is 12.1. The van der Waals surface area contributed by atoms with Crippen LogP contribution in [0.5, 0.6) is 5.75 Å². The Bertz CT molecular complexity index is 704. The highest BCUT2D eigenvalue weighted by molar-refractivity contribution is 14.0. The number of aryl methyl sites for hydroxylation is 1. The number of alkyl halides is 3. The smallest absolute Gasteiger partial charge is 0.406 e. The van der Waals surface area contributed by atoms with E-state index in [0.29, 0.717) is 6.54 Å². The van der Waals surface area contributed by atoms with E-state index in [2.05, 4.69) is 27.0 Å². The van der Waals surface area contributed by atoms with E-state index in [1.54, 1.807) is 11.3 Å². The Morgan fingerprint density at radius 1 is 1.31 bits per heavy atom. The summed E-state index contributed by atoms with van der Waals surface area (Å²) < 4.78 is 40.1. The van der Waals surface area contributed by atoms with Crippen molar-refractivity contribution in [3.63, 3.8) is 0 Å². The van der Waals surface area contributed by atoms with E-state index in [-0.39, 0.29) is 42.2 Å². The molecule has 0 atom stereocenters. The molecule has 0 spiro atoms. The topological polar surface area (TPSA) is 72.5 Å². The first kappa shape index (κ1) is 22.5. The zero-order valence-corrected chi connectivity index (χ0v) is 17.2. The van der Waals surface area contributed by atoms with Crippen LogP contribution in [0.2, 0.25) is 0 Å². The highest BCUT2D eigenvalue weighted by atomic mass is 127. The van der Waals surface area contributed by atoms with Crippen LogP contribution in [0, 0.1) is 0 Å². The minimum absolute atomic E-state index is 0. The van der Waals surface area contributed by atoms with E-state index >= 15 is 0 Å². The molecule has 10 heteroatoms. The second-order valence-corrected chi connectivity index (χ2v) is 6.34. The van der Waals surface area contributed by atoms with Gasteiger partial charge in [0.15, 0.2) is 5.96 Å². The van der Waals surface area contributed by atoms with Gasteiger partial charge in [-0.15, -0.1) is 48.5 Å². The molecule has 1 aromatic carbocycles. The molecule has 0 radical (unpaired) electrons. The Labute approximate surface area is 170 Å². The summed E-state index contributed by atoms with van der Waals surface area (Å²) in [6.45, 7) is 2.97. The van der Waals surface area contributed by atoms with Gasteiger partial charge in [0.2, 0.25) is 0 Å². The number of thiazole rings is 1. The third-order valence-electron chi connectivity index (χ3n) is 3.18. The van der Waals surface area contributed by atoms with Gasteiger partial charge >= 0.3 is 6.36 Å². The van der Waals surface area contributed by atoms with Crippen molar-refractivity contribution in [2.75, 3.05) is 6.54 Å². The molecule has 5 nitrogen and oxygen atoms in total. The minimum atomic E-state index is -4.69. The molecule has 144 valence electrons. The van der Waals surface area contributed by atoms with Crippen LogP contribution in [0.25, 0.3) is 0 Å². The number of hydrogen-bond donors (Lipinski definition) is 2. The van der Waals surface area contributed by atoms with Gasteiger partial charge in [-0.3, -0.25) is 0 Å². The monoisotopic (exact) mass is 500 g/mol. The van der Waals surface area contributed by atoms with Gasteiger partial charge in [-0.05, 0) is 24.1 Å². The molecule has 26 heavy (non-hydrogen) atoms. The number of halogens is 4. The predicted octanol–water partition coefficient (Wildman–Crippen LogP) is 3.87. The largest absolute Gasteiger partial charge is 0.573 e. The summed E-state index contributed by atoms with van der Waals surface area (Å²) in [4.78, 5) is 9.72. The molecule has 0 unspecified atom stereocenters. The maximum absolute atomic E-state index is 12.1. The summed E-state index contributed by atoms with van der Waals surface area (Å²) >= 11 is 1.68. The van der Waals surface area contributed by atoms with Crippen molar-refractivity contribution in [1.82, 2.24) is 10.3 Å². The van der Waals surface area contributed by atoms with Gasteiger partial charge < -0.3 is 15.8 Å². The van der Waals surface area contributed by atoms with Crippen molar-refractivity contribution in [2.24, 2.45) is 10.7 Å². The Morgan fingerprint density at radius 3 is 2.58 bits per heavy atom. The van der Waals surface area contributed by atoms with Crippen LogP contribution in [0.3, 0.4) is 0 Å². The Balaban J connectivity index is 0.00000338. The summed E-state index contributed by atoms with van der Waals surface area (Å²) in [6, 6.07) is 5.52. The predicted molar refractivity (Wildman–Crippen MR) is 107 cm³/mol. The zero-order valence-electron chi connectivity index (χ0n) is 14.0. The van der Waals surface area contributed by atoms with Crippen molar-refractivity contribution in [3.8, 4) is 5.75 Å². The van der Waals surface area contributed by atoms with Gasteiger partial charge in [0.1, 0.15) is 5.75 Å². The Morgan fingerprint density at radius 2 is 2.00 bits per heavy atom. The van der Waals surface area contributed by atoms with Crippen LogP contribution in [-0.4, -0.2) is 23.9 Å². The molecular formula is C16H20F3IN4OS. The summed E-state index contributed by atoms with van der Waals surface area (Å²) in [5.74, 6) is 0.0177. The van der Waals surface area contributed by atoms with E-state index in [0.717, 1.165) is 23.4 Å². The van der Waals surface area contributed by atoms with Crippen molar-refractivity contribution in [1.29, 1.82) is 0 Å². The standard InChI is InChI=1S/C16H19F3N4OS.HI/c1-2-13-10-22-14(25-13)7-8-21-15(20)23-9-11-3-5-12(6-4-11)24-16(17,18)19;/h3-6,10H,2,7-9H2,1H3,(H3,20,21,23);1H. The molecule has 1 heterocycles. The highest BCUT2D eigenvalue weighted by Crippen LogP contribution is 2.22. The fourth-order valence-electron chi connectivity index (χ4n) is 1.95. The van der Waals surface area contributed by atoms with Gasteiger partial charge in [-0.25, -0.2) is 9.98 Å². The minimum Gasteiger partial charge on any atom is -0.406 e. The number of hydrogen-bond acceptors (Lipinski definition) is 4. The number of nitrogens with zero attached hydrogens (tertiary/aromatic N) is 2. The quantitative estimate of drug-likeness (QED) is 0.344. The number of nitrogens with two attached hydrogens (primary N) is 1. The lowest BCUT2D eigenvalue weighted by Crippen LogP contribution is -2.33. The van der Waals surface area contributed by atoms with Gasteiger partial charge in [-0.1, -0.05) is 19.1 Å². The van der Waals surface area contributed by atoms with Crippen LogP contribution in [-0.2, 0) is 19.4 Å². The van der Waals surface area contributed by atoms with Crippen LogP contribution in [0.1, 0.15) is 22.4 Å². The van der Waals surface area contributed by atoms with Crippen molar-refractivity contribution in [2.45, 2.75) is 32.7 Å². The summed E-state index contributed by atoms with van der Waals surface area (Å²) in [5.41, 5.74) is 6.51. The first-order valence-electron chi connectivity index (χ1n) is 7.68. The third kappa shape index (κ3) is 8.21. The average Bonchev–Trinajstić information content (AvgIpc) is 3.01. The normalized spacial score (nSPS) is 11.8. The fourth-order valence-corrected chi connectivity index (χ4v) is 2.82. The number of ether oxygens (including phenoxy) is 1.